The number of hydrogen-bond acceptors (Lipinski definition) is 5. The number of ether oxygens (including phenoxy) is 1. The summed E-state index contributed by atoms with van der Waals surface area (Å²) in [5, 5.41) is 4.35. The highest BCUT2D eigenvalue weighted by molar-refractivity contribution is 5.79. The topological polar surface area (TPSA) is 73.1 Å². The number of carbonyl (C=O) groups is 1. The average molecular weight is 349 g/mol. The molecule has 0 unspecified atom stereocenters. The Balaban J connectivity index is 1.54. The molecule has 0 bridgehead atoms. The van der Waals surface area contributed by atoms with Gasteiger partial charge in [-0.1, -0.05) is 0 Å². The first kappa shape index (κ1) is 16.3. The summed E-state index contributed by atoms with van der Waals surface area (Å²) in [7, 11) is 1.64. The number of carbonyl (C=O) groups excluding carboxylic acids is 1. The molecular formula is C19H19N5O2. The van der Waals surface area contributed by atoms with Crippen molar-refractivity contribution in [2.75, 3.05) is 13.7 Å². The van der Waals surface area contributed by atoms with Gasteiger partial charge in [0.25, 0.3) is 0 Å². The molecule has 26 heavy (non-hydrogen) atoms. The van der Waals surface area contributed by atoms with Crippen molar-refractivity contribution in [1.82, 2.24) is 24.6 Å². The largest absolute Gasteiger partial charge is 0.497 e. The van der Waals surface area contributed by atoms with Crippen molar-refractivity contribution < 1.29 is 9.53 Å². The number of nitrogens with zero attached hydrogens (tertiary/aromatic N) is 5. The smallest absolute Gasteiger partial charge is 0.223 e. The minimum atomic E-state index is 0.0222. The normalized spacial score (nSPS) is 16.9. The van der Waals surface area contributed by atoms with Crippen molar-refractivity contribution in [1.29, 1.82) is 0 Å². The number of rotatable bonds is 5. The Bertz CT molecular complexity index is 892. The third-order valence-electron chi connectivity index (χ3n) is 4.59. The van der Waals surface area contributed by atoms with Gasteiger partial charge in [0.05, 0.1) is 12.8 Å². The van der Waals surface area contributed by atoms with E-state index in [2.05, 4.69) is 15.1 Å². The highest BCUT2D eigenvalue weighted by atomic mass is 16.5. The lowest BCUT2D eigenvalue weighted by atomic mass is 10.1. The van der Waals surface area contributed by atoms with Crippen LogP contribution in [0.2, 0.25) is 0 Å². The third kappa shape index (κ3) is 3.15. The molecule has 3 heterocycles. The zero-order valence-corrected chi connectivity index (χ0v) is 14.4. The monoisotopic (exact) mass is 349 g/mol. The van der Waals surface area contributed by atoms with E-state index in [0.29, 0.717) is 19.5 Å². The second kappa shape index (κ2) is 6.95. The lowest BCUT2D eigenvalue weighted by molar-refractivity contribution is -0.128. The molecule has 1 saturated heterocycles. The Hall–Kier alpha value is -3.22. The number of benzene rings is 1. The van der Waals surface area contributed by atoms with Gasteiger partial charge >= 0.3 is 0 Å². The van der Waals surface area contributed by atoms with E-state index < -0.39 is 0 Å². The summed E-state index contributed by atoms with van der Waals surface area (Å²) in [6, 6.07) is 11.5. The van der Waals surface area contributed by atoms with E-state index in [1.54, 1.807) is 24.2 Å². The van der Waals surface area contributed by atoms with Gasteiger partial charge < -0.3 is 9.64 Å². The molecule has 0 radical (unpaired) electrons. The van der Waals surface area contributed by atoms with Crippen LogP contribution in [-0.4, -0.2) is 44.2 Å². The molecule has 3 aromatic rings. The molecular weight excluding hydrogens is 330 g/mol. The maximum atomic E-state index is 12.5. The first-order valence-corrected chi connectivity index (χ1v) is 8.45. The highest BCUT2D eigenvalue weighted by Crippen LogP contribution is 2.29. The molecule has 0 saturated carbocycles. The second-order valence-electron chi connectivity index (χ2n) is 6.26. The fourth-order valence-corrected chi connectivity index (χ4v) is 3.26. The second-order valence-corrected chi connectivity index (χ2v) is 6.26. The van der Waals surface area contributed by atoms with E-state index in [1.165, 1.54) is 6.33 Å². The van der Waals surface area contributed by atoms with Gasteiger partial charge in [0.2, 0.25) is 5.91 Å². The van der Waals surface area contributed by atoms with Gasteiger partial charge in [-0.25, -0.2) is 9.67 Å². The molecule has 1 aliphatic heterocycles. The zero-order valence-electron chi connectivity index (χ0n) is 14.4. The van der Waals surface area contributed by atoms with E-state index in [4.69, 9.17) is 4.74 Å². The predicted octanol–water partition coefficient (Wildman–Crippen LogP) is 2.19. The lowest BCUT2D eigenvalue weighted by Crippen LogP contribution is -2.24. The minimum absolute atomic E-state index is 0.0222. The van der Waals surface area contributed by atoms with Crippen LogP contribution in [0.25, 0.3) is 5.69 Å². The molecule has 7 heteroatoms. The van der Waals surface area contributed by atoms with E-state index >= 15 is 0 Å². The maximum Gasteiger partial charge on any atom is 0.223 e. The van der Waals surface area contributed by atoms with Gasteiger partial charge in [0, 0.05) is 37.8 Å². The van der Waals surface area contributed by atoms with Crippen LogP contribution in [0, 0.1) is 0 Å². The molecule has 0 N–H and O–H groups in total. The molecule has 7 nitrogen and oxygen atoms in total. The number of pyridine rings is 1. The molecule has 0 spiro atoms. The standard InChI is InChI=1S/C19H19N5O2/c1-26-17-4-2-16(3-5-17)24-19(21-13-22-24)15-10-18(25)23(12-15)11-14-6-8-20-9-7-14/h2-9,13,15H,10-12H2,1H3/t15-/m0/s1. The molecule has 2 aromatic heterocycles. The number of amides is 1. The van der Waals surface area contributed by atoms with Crippen LogP contribution in [0.5, 0.6) is 5.75 Å². The Morgan fingerprint density at radius 1 is 1.15 bits per heavy atom. The van der Waals surface area contributed by atoms with Crippen LogP contribution < -0.4 is 4.74 Å². The predicted molar refractivity (Wildman–Crippen MR) is 94.9 cm³/mol. The number of methoxy groups -OCH3 is 1. The van der Waals surface area contributed by atoms with Crippen LogP contribution in [-0.2, 0) is 11.3 Å². The van der Waals surface area contributed by atoms with E-state index in [9.17, 15) is 4.79 Å². The van der Waals surface area contributed by atoms with E-state index in [0.717, 1.165) is 22.8 Å². The molecule has 4 rings (SSSR count). The molecule has 132 valence electrons. The number of likely N-dealkylation sites (tertiary alicyclic amines) is 1. The number of aromatic nitrogens is 4. The molecule has 1 aliphatic rings. The third-order valence-corrected chi connectivity index (χ3v) is 4.59. The highest BCUT2D eigenvalue weighted by Gasteiger charge is 2.33. The minimum Gasteiger partial charge on any atom is -0.497 e. The van der Waals surface area contributed by atoms with Crippen molar-refractivity contribution in [3.05, 3.63) is 66.5 Å². The average Bonchev–Trinajstić information content (AvgIpc) is 3.30. The number of hydrogen-bond donors (Lipinski definition) is 0. The van der Waals surface area contributed by atoms with E-state index in [-0.39, 0.29) is 11.8 Å². The molecule has 1 aromatic carbocycles. The zero-order chi connectivity index (χ0) is 17.9. The Kier molecular flexibility index (Phi) is 4.35. The van der Waals surface area contributed by atoms with Crippen LogP contribution in [0.4, 0.5) is 0 Å². The Morgan fingerprint density at radius 2 is 1.92 bits per heavy atom. The first-order valence-electron chi connectivity index (χ1n) is 8.45. The molecule has 1 fully saturated rings. The summed E-state index contributed by atoms with van der Waals surface area (Å²) < 4.78 is 7.00. The Labute approximate surface area is 151 Å². The van der Waals surface area contributed by atoms with Crippen LogP contribution in [0.3, 0.4) is 0 Å². The van der Waals surface area contributed by atoms with E-state index in [1.807, 2.05) is 41.3 Å². The quantitative estimate of drug-likeness (QED) is 0.706. The molecule has 1 amide bonds. The molecule has 0 aliphatic carbocycles. The van der Waals surface area contributed by atoms with Gasteiger partial charge in [-0.05, 0) is 42.0 Å². The van der Waals surface area contributed by atoms with Gasteiger partial charge in [-0.3, -0.25) is 9.78 Å². The summed E-state index contributed by atoms with van der Waals surface area (Å²) in [5.41, 5.74) is 1.98. The summed E-state index contributed by atoms with van der Waals surface area (Å²) in [6.07, 6.45) is 5.47. The van der Waals surface area contributed by atoms with Gasteiger partial charge in [-0.2, -0.15) is 5.10 Å². The first-order chi connectivity index (χ1) is 12.7. The molecule has 1 atom stereocenters. The van der Waals surface area contributed by atoms with Crippen LogP contribution in [0.15, 0.2) is 55.1 Å². The van der Waals surface area contributed by atoms with Crippen molar-refractivity contribution >= 4 is 5.91 Å². The van der Waals surface area contributed by atoms with Gasteiger partial charge in [-0.15, -0.1) is 0 Å². The van der Waals surface area contributed by atoms with Gasteiger partial charge in [0.15, 0.2) is 0 Å². The van der Waals surface area contributed by atoms with Crippen LogP contribution in [0.1, 0.15) is 23.7 Å². The van der Waals surface area contributed by atoms with Gasteiger partial charge in [0.1, 0.15) is 17.9 Å². The summed E-state index contributed by atoms with van der Waals surface area (Å²) in [4.78, 5) is 22.8. The van der Waals surface area contributed by atoms with Crippen molar-refractivity contribution in [3.63, 3.8) is 0 Å². The van der Waals surface area contributed by atoms with Crippen molar-refractivity contribution in [2.45, 2.75) is 18.9 Å². The fourth-order valence-electron chi connectivity index (χ4n) is 3.26. The van der Waals surface area contributed by atoms with Crippen LogP contribution >= 0.6 is 0 Å². The van der Waals surface area contributed by atoms with Crippen molar-refractivity contribution in [2.24, 2.45) is 0 Å². The lowest BCUT2D eigenvalue weighted by Gasteiger charge is -2.16. The Morgan fingerprint density at radius 3 is 2.65 bits per heavy atom. The SMILES string of the molecule is COc1ccc(-n2ncnc2[C@H]2CC(=O)N(Cc3ccncc3)C2)cc1. The fraction of sp³-hybridized carbons (Fsp3) is 0.263. The summed E-state index contributed by atoms with van der Waals surface area (Å²) >= 11 is 0. The summed E-state index contributed by atoms with van der Waals surface area (Å²) in [6.45, 7) is 1.23. The van der Waals surface area contributed by atoms with Crippen molar-refractivity contribution in [3.8, 4) is 11.4 Å². The maximum absolute atomic E-state index is 12.5. The summed E-state index contributed by atoms with van der Waals surface area (Å²) in [5.74, 6) is 1.75.